The summed E-state index contributed by atoms with van der Waals surface area (Å²) in [5, 5.41) is 0. The Morgan fingerprint density at radius 3 is 2.62 bits per heavy atom. The third kappa shape index (κ3) is 2.75. The molecule has 2 aromatic rings. The summed E-state index contributed by atoms with van der Waals surface area (Å²) in [6.07, 6.45) is 4.49. The van der Waals surface area contributed by atoms with Gasteiger partial charge in [0.15, 0.2) is 0 Å². The van der Waals surface area contributed by atoms with Crippen molar-refractivity contribution < 1.29 is 4.79 Å². The molecule has 0 radical (unpaired) electrons. The molecule has 0 unspecified atom stereocenters. The van der Waals surface area contributed by atoms with Gasteiger partial charge in [0.1, 0.15) is 0 Å². The number of hydrogen-bond acceptors (Lipinski definition) is 1. The highest BCUT2D eigenvalue weighted by molar-refractivity contribution is 6.05. The zero-order valence-corrected chi connectivity index (χ0v) is 12.4. The summed E-state index contributed by atoms with van der Waals surface area (Å²) in [6, 6.07) is 16.5. The minimum Gasteiger partial charge on any atom is -0.305 e. The van der Waals surface area contributed by atoms with Crippen molar-refractivity contribution in [2.75, 3.05) is 4.90 Å². The van der Waals surface area contributed by atoms with E-state index in [0.29, 0.717) is 0 Å². The summed E-state index contributed by atoms with van der Waals surface area (Å²) in [5.74, 6) is 0.0491. The Hall–Kier alpha value is -2.35. The minimum atomic E-state index is 0.0491. The normalized spacial score (nSPS) is 17.2. The molecule has 1 atom stereocenters. The molecular weight excluding hydrogens is 258 g/mol. The smallest absolute Gasteiger partial charge is 0.251 e. The average molecular weight is 277 g/mol. The van der Waals surface area contributed by atoms with Crippen LogP contribution in [-0.2, 0) is 11.2 Å². The molecule has 0 saturated carbocycles. The number of rotatable bonds is 2. The number of nitrogens with zero attached hydrogens (tertiary/aromatic N) is 1. The summed E-state index contributed by atoms with van der Waals surface area (Å²) < 4.78 is 0. The van der Waals surface area contributed by atoms with E-state index in [1.807, 2.05) is 41.3 Å². The zero-order chi connectivity index (χ0) is 14.8. The summed E-state index contributed by atoms with van der Waals surface area (Å²) in [5.41, 5.74) is 4.57. The Morgan fingerprint density at radius 1 is 1.14 bits per heavy atom. The van der Waals surface area contributed by atoms with Crippen molar-refractivity contribution in [3.8, 4) is 0 Å². The van der Waals surface area contributed by atoms with Gasteiger partial charge in [-0.15, -0.1) is 0 Å². The number of amides is 1. The molecule has 0 saturated heterocycles. The summed E-state index contributed by atoms with van der Waals surface area (Å²) in [7, 11) is 0. The van der Waals surface area contributed by atoms with E-state index >= 15 is 0 Å². The number of carbonyl (C=O) groups is 1. The van der Waals surface area contributed by atoms with Crippen LogP contribution in [0, 0.1) is 6.92 Å². The van der Waals surface area contributed by atoms with Crippen molar-refractivity contribution in [2.45, 2.75) is 26.3 Å². The molecule has 1 aliphatic rings. The van der Waals surface area contributed by atoms with E-state index in [4.69, 9.17) is 0 Å². The second kappa shape index (κ2) is 5.57. The largest absolute Gasteiger partial charge is 0.305 e. The molecule has 0 aliphatic carbocycles. The van der Waals surface area contributed by atoms with E-state index in [2.05, 4.69) is 32.0 Å². The second-order valence-electron chi connectivity index (χ2n) is 5.63. The van der Waals surface area contributed by atoms with Crippen molar-refractivity contribution in [2.24, 2.45) is 0 Å². The number of carbonyl (C=O) groups excluding carboxylic acids is 1. The fraction of sp³-hybridized carbons (Fsp3) is 0.211. The third-order valence-corrected chi connectivity index (χ3v) is 3.94. The Morgan fingerprint density at radius 2 is 1.86 bits per heavy atom. The van der Waals surface area contributed by atoms with Gasteiger partial charge >= 0.3 is 0 Å². The van der Waals surface area contributed by atoms with Crippen LogP contribution in [0.5, 0.6) is 0 Å². The van der Waals surface area contributed by atoms with Gasteiger partial charge in [0.05, 0.1) is 0 Å². The molecule has 0 bridgehead atoms. The van der Waals surface area contributed by atoms with Crippen LogP contribution in [0.15, 0.2) is 54.6 Å². The first-order valence-corrected chi connectivity index (χ1v) is 7.31. The predicted molar refractivity (Wildman–Crippen MR) is 87.3 cm³/mol. The Bertz CT molecular complexity index is 685. The number of anilines is 1. The number of para-hydroxylation sites is 1. The summed E-state index contributed by atoms with van der Waals surface area (Å²) in [6.45, 7) is 4.15. The van der Waals surface area contributed by atoms with E-state index in [9.17, 15) is 4.79 Å². The lowest BCUT2D eigenvalue weighted by molar-refractivity contribution is -0.114. The van der Waals surface area contributed by atoms with Crippen molar-refractivity contribution in [1.29, 1.82) is 0 Å². The number of hydrogen-bond donors (Lipinski definition) is 0. The van der Waals surface area contributed by atoms with Crippen LogP contribution in [0.25, 0.3) is 6.08 Å². The van der Waals surface area contributed by atoms with E-state index in [-0.39, 0.29) is 11.9 Å². The molecule has 0 aromatic heterocycles. The molecule has 2 nitrogen and oxygen atoms in total. The van der Waals surface area contributed by atoms with Crippen molar-refractivity contribution in [3.63, 3.8) is 0 Å². The van der Waals surface area contributed by atoms with E-state index in [0.717, 1.165) is 17.7 Å². The standard InChI is InChI=1S/C19H19NO/c1-14-7-9-16(10-8-14)11-12-19(21)20-15(2)13-17-5-3-4-6-18(17)20/h3-12,15H,13H2,1-2H3/b12-11+/t15-/m1/s1. The zero-order valence-electron chi connectivity index (χ0n) is 12.4. The van der Waals surface area contributed by atoms with E-state index < -0.39 is 0 Å². The molecule has 106 valence electrons. The summed E-state index contributed by atoms with van der Waals surface area (Å²) >= 11 is 0. The lowest BCUT2D eigenvalue weighted by Gasteiger charge is -2.20. The molecule has 3 rings (SSSR count). The topological polar surface area (TPSA) is 20.3 Å². The Kier molecular flexibility index (Phi) is 3.61. The third-order valence-electron chi connectivity index (χ3n) is 3.94. The molecule has 1 amide bonds. The van der Waals surface area contributed by atoms with Gasteiger partial charge in [0, 0.05) is 17.8 Å². The second-order valence-corrected chi connectivity index (χ2v) is 5.63. The molecule has 1 heterocycles. The molecule has 0 spiro atoms. The first-order chi connectivity index (χ1) is 10.1. The van der Waals surface area contributed by atoms with Crippen LogP contribution in [0.2, 0.25) is 0 Å². The van der Waals surface area contributed by atoms with Gasteiger partial charge in [-0.2, -0.15) is 0 Å². The fourth-order valence-corrected chi connectivity index (χ4v) is 2.83. The van der Waals surface area contributed by atoms with Gasteiger partial charge in [-0.1, -0.05) is 48.0 Å². The first-order valence-electron chi connectivity index (χ1n) is 7.31. The van der Waals surface area contributed by atoms with Gasteiger partial charge in [-0.3, -0.25) is 4.79 Å². The minimum absolute atomic E-state index is 0.0491. The lowest BCUT2D eigenvalue weighted by Crippen LogP contribution is -2.34. The monoisotopic (exact) mass is 277 g/mol. The van der Waals surface area contributed by atoms with Crippen molar-refractivity contribution in [1.82, 2.24) is 0 Å². The average Bonchev–Trinajstić information content (AvgIpc) is 2.82. The molecule has 0 N–H and O–H groups in total. The van der Waals surface area contributed by atoms with E-state index in [1.54, 1.807) is 6.08 Å². The molecule has 2 aromatic carbocycles. The van der Waals surface area contributed by atoms with Crippen LogP contribution in [0.4, 0.5) is 5.69 Å². The Balaban J connectivity index is 1.81. The molecule has 0 fully saturated rings. The SMILES string of the molecule is Cc1ccc(/C=C/C(=O)N2c3ccccc3C[C@H]2C)cc1. The molecular formula is C19H19NO. The number of benzene rings is 2. The first kappa shape index (κ1) is 13.6. The van der Waals surface area contributed by atoms with Gasteiger partial charge < -0.3 is 4.90 Å². The Labute approximate surface area is 125 Å². The quantitative estimate of drug-likeness (QED) is 0.760. The van der Waals surface area contributed by atoms with Crippen molar-refractivity contribution >= 4 is 17.7 Å². The van der Waals surface area contributed by atoms with Gasteiger partial charge in [0.25, 0.3) is 5.91 Å². The number of fused-ring (bicyclic) bond motifs is 1. The van der Waals surface area contributed by atoms with Crippen LogP contribution < -0.4 is 4.90 Å². The van der Waals surface area contributed by atoms with Gasteiger partial charge in [-0.25, -0.2) is 0 Å². The molecule has 21 heavy (non-hydrogen) atoms. The maximum Gasteiger partial charge on any atom is 0.251 e. The molecule has 1 aliphatic heterocycles. The highest BCUT2D eigenvalue weighted by Gasteiger charge is 2.28. The number of aryl methyl sites for hydroxylation is 1. The van der Waals surface area contributed by atoms with Crippen LogP contribution in [0.3, 0.4) is 0 Å². The lowest BCUT2D eigenvalue weighted by atomic mass is 10.1. The van der Waals surface area contributed by atoms with Gasteiger partial charge in [-0.05, 0) is 43.5 Å². The molecule has 2 heteroatoms. The van der Waals surface area contributed by atoms with Crippen LogP contribution in [-0.4, -0.2) is 11.9 Å². The fourth-order valence-electron chi connectivity index (χ4n) is 2.83. The maximum atomic E-state index is 12.5. The van der Waals surface area contributed by atoms with Crippen molar-refractivity contribution in [3.05, 3.63) is 71.3 Å². The van der Waals surface area contributed by atoms with Gasteiger partial charge in [0.2, 0.25) is 0 Å². The van der Waals surface area contributed by atoms with Crippen LogP contribution >= 0.6 is 0 Å². The highest BCUT2D eigenvalue weighted by Crippen LogP contribution is 2.31. The van der Waals surface area contributed by atoms with E-state index in [1.165, 1.54) is 11.1 Å². The highest BCUT2D eigenvalue weighted by atomic mass is 16.2. The predicted octanol–water partition coefficient (Wildman–Crippen LogP) is 3.99. The summed E-state index contributed by atoms with van der Waals surface area (Å²) in [4.78, 5) is 14.4. The van der Waals surface area contributed by atoms with Crippen LogP contribution in [0.1, 0.15) is 23.6 Å². The maximum absolute atomic E-state index is 12.5.